The fourth-order valence-corrected chi connectivity index (χ4v) is 2.33. The number of ether oxygens (including phenoxy) is 4. The number of hydrogen-bond acceptors (Lipinski definition) is 5. The zero-order valence-electron chi connectivity index (χ0n) is 14.9. The van der Waals surface area contributed by atoms with Crippen molar-refractivity contribution in [2.75, 3.05) is 21.3 Å². The van der Waals surface area contributed by atoms with E-state index in [0.29, 0.717) is 29.5 Å². The molecule has 2 rings (SSSR count). The molecule has 0 saturated heterocycles. The maximum atomic E-state index is 12.2. The summed E-state index contributed by atoms with van der Waals surface area (Å²) in [6.07, 6.45) is -0.607. The number of carbonyl (C=O) groups excluding carboxylic acids is 1. The Morgan fingerprint density at radius 1 is 1.00 bits per heavy atom. The van der Waals surface area contributed by atoms with Crippen molar-refractivity contribution < 1.29 is 23.7 Å². The molecule has 6 heteroatoms. The molecule has 25 heavy (non-hydrogen) atoms. The molecule has 1 atom stereocenters. The standard InChI is InChI=1S/C19H23NO5/c1-13(25-15-8-6-5-7-9-15)19(21)20-12-14-10-16(22-2)18(24-4)17(11-14)23-3/h5-11,13H,12H2,1-4H3,(H,20,21). The minimum atomic E-state index is -0.607. The van der Waals surface area contributed by atoms with Crippen LogP contribution in [0.2, 0.25) is 0 Å². The van der Waals surface area contributed by atoms with Gasteiger partial charge in [0.1, 0.15) is 5.75 Å². The molecule has 0 bridgehead atoms. The molecular formula is C19H23NO5. The lowest BCUT2D eigenvalue weighted by Gasteiger charge is -2.16. The van der Waals surface area contributed by atoms with Gasteiger partial charge in [-0.15, -0.1) is 0 Å². The van der Waals surface area contributed by atoms with Crippen LogP contribution in [0.5, 0.6) is 23.0 Å². The number of amides is 1. The molecule has 0 radical (unpaired) electrons. The van der Waals surface area contributed by atoms with Crippen molar-refractivity contribution in [3.63, 3.8) is 0 Å². The monoisotopic (exact) mass is 345 g/mol. The average molecular weight is 345 g/mol. The number of hydrogen-bond donors (Lipinski definition) is 1. The predicted molar refractivity (Wildman–Crippen MR) is 94.5 cm³/mol. The van der Waals surface area contributed by atoms with Gasteiger partial charge in [0, 0.05) is 6.54 Å². The number of rotatable bonds is 8. The second-order valence-corrected chi connectivity index (χ2v) is 5.32. The summed E-state index contributed by atoms with van der Waals surface area (Å²) < 4.78 is 21.5. The third-order valence-corrected chi connectivity index (χ3v) is 3.62. The molecule has 0 aliphatic heterocycles. The van der Waals surface area contributed by atoms with Gasteiger partial charge in [-0.3, -0.25) is 4.79 Å². The van der Waals surface area contributed by atoms with Gasteiger partial charge in [0.05, 0.1) is 21.3 Å². The quantitative estimate of drug-likeness (QED) is 0.797. The Bertz CT molecular complexity index is 677. The minimum absolute atomic E-state index is 0.211. The van der Waals surface area contributed by atoms with E-state index in [0.717, 1.165) is 5.56 Å². The molecule has 0 spiro atoms. The first-order valence-corrected chi connectivity index (χ1v) is 7.87. The van der Waals surface area contributed by atoms with E-state index >= 15 is 0 Å². The number of methoxy groups -OCH3 is 3. The van der Waals surface area contributed by atoms with Crippen molar-refractivity contribution in [3.05, 3.63) is 48.0 Å². The van der Waals surface area contributed by atoms with Crippen LogP contribution in [0, 0.1) is 0 Å². The molecule has 0 fully saturated rings. The SMILES string of the molecule is COc1cc(CNC(=O)C(C)Oc2ccccc2)cc(OC)c1OC. The van der Waals surface area contributed by atoms with Crippen LogP contribution in [-0.4, -0.2) is 33.3 Å². The van der Waals surface area contributed by atoms with E-state index in [1.54, 1.807) is 40.4 Å². The number of nitrogens with one attached hydrogen (secondary N) is 1. The van der Waals surface area contributed by atoms with Crippen molar-refractivity contribution in [3.8, 4) is 23.0 Å². The molecule has 1 amide bonds. The first-order valence-electron chi connectivity index (χ1n) is 7.87. The van der Waals surface area contributed by atoms with Crippen LogP contribution in [0.25, 0.3) is 0 Å². The van der Waals surface area contributed by atoms with Gasteiger partial charge in [0.2, 0.25) is 5.75 Å². The molecule has 1 N–H and O–H groups in total. The van der Waals surface area contributed by atoms with Crippen LogP contribution in [0.4, 0.5) is 0 Å². The van der Waals surface area contributed by atoms with Crippen molar-refractivity contribution in [1.29, 1.82) is 0 Å². The van der Waals surface area contributed by atoms with Gasteiger partial charge in [-0.2, -0.15) is 0 Å². The van der Waals surface area contributed by atoms with E-state index in [-0.39, 0.29) is 5.91 Å². The van der Waals surface area contributed by atoms with Gasteiger partial charge in [-0.1, -0.05) is 18.2 Å². The Morgan fingerprint density at radius 2 is 1.60 bits per heavy atom. The summed E-state index contributed by atoms with van der Waals surface area (Å²) in [6.45, 7) is 2.02. The number of para-hydroxylation sites is 1. The van der Waals surface area contributed by atoms with E-state index in [2.05, 4.69) is 5.32 Å². The van der Waals surface area contributed by atoms with Crippen LogP contribution >= 0.6 is 0 Å². The second kappa shape index (κ2) is 8.82. The third-order valence-electron chi connectivity index (χ3n) is 3.62. The summed E-state index contributed by atoms with van der Waals surface area (Å²) in [6, 6.07) is 12.8. The lowest BCUT2D eigenvalue weighted by Crippen LogP contribution is -2.35. The average Bonchev–Trinajstić information content (AvgIpc) is 2.65. The smallest absolute Gasteiger partial charge is 0.261 e. The maximum Gasteiger partial charge on any atom is 0.261 e. The highest BCUT2D eigenvalue weighted by molar-refractivity contribution is 5.80. The van der Waals surface area contributed by atoms with Gasteiger partial charge in [-0.05, 0) is 36.8 Å². The van der Waals surface area contributed by atoms with Crippen LogP contribution in [0.15, 0.2) is 42.5 Å². The topological polar surface area (TPSA) is 66.0 Å². The zero-order chi connectivity index (χ0) is 18.2. The van der Waals surface area contributed by atoms with Crippen LogP contribution < -0.4 is 24.3 Å². The third kappa shape index (κ3) is 4.79. The summed E-state index contributed by atoms with van der Waals surface area (Å²) >= 11 is 0. The van der Waals surface area contributed by atoms with Gasteiger partial charge >= 0.3 is 0 Å². The Hall–Kier alpha value is -2.89. The van der Waals surface area contributed by atoms with Crippen LogP contribution in [0.1, 0.15) is 12.5 Å². The second-order valence-electron chi connectivity index (χ2n) is 5.32. The van der Waals surface area contributed by atoms with Crippen molar-refractivity contribution >= 4 is 5.91 Å². The molecule has 2 aromatic rings. The molecule has 0 saturated carbocycles. The van der Waals surface area contributed by atoms with E-state index in [1.165, 1.54) is 0 Å². The molecule has 6 nitrogen and oxygen atoms in total. The molecule has 0 aromatic heterocycles. The van der Waals surface area contributed by atoms with Gasteiger partial charge in [-0.25, -0.2) is 0 Å². The first-order chi connectivity index (χ1) is 12.1. The number of carbonyl (C=O) groups is 1. The Morgan fingerprint density at radius 3 is 2.12 bits per heavy atom. The van der Waals surface area contributed by atoms with Gasteiger partial charge < -0.3 is 24.3 Å². The normalized spacial score (nSPS) is 11.4. The largest absolute Gasteiger partial charge is 0.493 e. The zero-order valence-corrected chi connectivity index (χ0v) is 14.9. The van der Waals surface area contributed by atoms with E-state index in [4.69, 9.17) is 18.9 Å². The fourth-order valence-electron chi connectivity index (χ4n) is 2.33. The van der Waals surface area contributed by atoms with Crippen molar-refractivity contribution in [1.82, 2.24) is 5.32 Å². The summed E-state index contributed by atoms with van der Waals surface area (Å²) in [4.78, 5) is 12.2. The minimum Gasteiger partial charge on any atom is -0.493 e. The lowest BCUT2D eigenvalue weighted by atomic mass is 10.1. The highest BCUT2D eigenvalue weighted by Gasteiger charge is 2.16. The molecule has 0 aliphatic carbocycles. The molecular weight excluding hydrogens is 322 g/mol. The molecule has 0 aliphatic rings. The summed E-state index contributed by atoms with van der Waals surface area (Å²) in [5, 5.41) is 2.84. The summed E-state index contributed by atoms with van der Waals surface area (Å²) in [5.74, 6) is 2.04. The van der Waals surface area contributed by atoms with E-state index in [1.807, 2.05) is 30.3 Å². The Kier molecular flexibility index (Phi) is 6.51. The molecule has 134 valence electrons. The number of benzene rings is 2. The summed E-state index contributed by atoms with van der Waals surface area (Å²) in [7, 11) is 4.65. The van der Waals surface area contributed by atoms with E-state index in [9.17, 15) is 4.79 Å². The highest BCUT2D eigenvalue weighted by Crippen LogP contribution is 2.38. The fraction of sp³-hybridized carbons (Fsp3) is 0.316. The van der Waals surface area contributed by atoms with Crippen molar-refractivity contribution in [2.45, 2.75) is 19.6 Å². The predicted octanol–water partition coefficient (Wildman–Crippen LogP) is 2.80. The molecule has 1 unspecified atom stereocenters. The lowest BCUT2D eigenvalue weighted by molar-refractivity contribution is -0.127. The van der Waals surface area contributed by atoms with E-state index < -0.39 is 6.10 Å². The Labute approximate surface area is 147 Å². The first kappa shape index (κ1) is 18.4. The van der Waals surface area contributed by atoms with Crippen LogP contribution in [0.3, 0.4) is 0 Å². The summed E-state index contributed by atoms with van der Waals surface area (Å²) in [5.41, 5.74) is 0.828. The highest BCUT2D eigenvalue weighted by atomic mass is 16.5. The van der Waals surface area contributed by atoms with Crippen molar-refractivity contribution in [2.24, 2.45) is 0 Å². The van der Waals surface area contributed by atoms with Crippen LogP contribution in [-0.2, 0) is 11.3 Å². The molecule has 2 aromatic carbocycles. The van der Waals surface area contributed by atoms with Gasteiger partial charge in [0.25, 0.3) is 5.91 Å². The maximum absolute atomic E-state index is 12.2. The van der Waals surface area contributed by atoms with Gasteiger partial charge in [0.15, 0.2) is 17.6 Å². The Balaban J connectivity index is 2.01. The molecule has 0 heterocycles.